The summed E-state index contributed by atoms with van der Waals surface area (Å²) in [6.07, 6.45) is 1.49. The third-order valence-corrected chi connectivity index (χ3v) is 11.4. The normalized spacial score (nSPS) is 18.2. The van der Waals surface area contributed by atoms with Gasteiger partial charge in [0.2, 0.25) is 11.5 Å². The maximum atomic E-state index is 12.9. The van der Waals surface area contributed by atoms with E-state index in [9.17, 15) is 24.6 Å². The molecule has 2 amide bonds. The number of phenolic OH excluding ortho intramolecular Hbond substituents is 1. The monoisotopic (exact) mass is 787 g/mol. The van der Waals surface area contributed by atoms with Gasteiger partial charge < -0.3 is 34.9 Å². The van der Waals surface area contributed by atoms with Crippen molar-refractivity contribution in [3.8, 4) is 16.9 Å². The minimum absolute atomic E-state index is 0.0148. The number of likely N-dealkylation sites (N-methyl/N-ethyl adjacent to an activating group) is 1. The first-order chi connectivity index (χ1) is 28.2. The molecule has 2 heterocycles. The van der Waals surface area contributed by atoms with Crippen LogP contribution in [0.1, 0.15) is 42.1 Å². The third kappa shape index (κ3) is 10.5. The number of nitrogens with zero attached hydrogens (tertiary/aromatic N) is 2. The summed E-state index contributed by atoms with van der Waals surface area (Å²) in [6.45, 7) is 4.95. The van der Waals surface area contributed by atoms with Crippen LogP contribution in [0.15, 0.2) is 108 Å². The first-order valence-electron chi connectivity index (χ1n) is 20.2. The van der Waals surface area contributed by atoms with Crippen LogP contribution in [0.25, 0.3) is 22.0 Å². The number of anilines is 1. The molecule has 0 unspecified atom stereocenters. The highest BCUT2D eigenvalue weighted by atomic mass is 16.6. The van der Waals surface area contributed by atoms with Crippen LogP contribution >= 0.6 is 0 Å². The number of hydrogen-bond acceptors (Lipinski definition) is 9. The van der Waals surface area contributed by atoms with E-state index in [0.29, 0.717) is 54.6 Å². The van der Waals surface area contributed by atoms with Crippen molar-refractivity contribution in [2.24, 2.45) is 11.8 Å². The van der Waals surface area contributed by atoms with Crippen molar-refractivity contribution < 1.29 is 29.3 Å². The summed E-state index contributed by atoms with van der Waals surface area (Å²) >= 11 is 0. The predicted octanol–water partition coefficient (Wildman–Crippen LogP) is 6.09. The van der Waals surface area contributed by atoms with Crippen molar-refractivity contribution in [2.45, 2.75) is 44.4 Å². The molecule has 58 heavy (non-hydrogen) atoms. The summed E-state index contributed by atoms with van der Waals surface area (Å²) in [5.41, 5.74) is 5.78. The zero-order valence-corrected chi connectivity index (χ0v) is 32.9. The molecule has 12 heteroatoms. The number of carbonyl (C=O) groups excluding carboxylic acids is 2. The number of aliphatic hydroxyl groups is 1. The number of carbonyl (C=O) groups is 2. The van der Waals surface area contributed by atoms with Gasteiger partial charge in [-0.3, -0.25) is 19.8 Å². The van der Waals surface area contributed by atoms with Crippen LogP contribution in [0.5, 0.6) is 5.75 Å². The van der Waals surface area contributed by atoms with E-state index in [1.807, 2.05) is 54.6 Å². The van der Waals surface area contributed by atoms with Crippen molar-refractivity contribution in [3.63, 3.8) is 0 Å². The lowest BCUT2D eigenvalue weighted by Gasteiger charge is -2.20. The predicted molar refractivity (Wildman–Crippen MR) is 225 cm³/mol. The maximum absolute atomic E-state index is 12.9. The summed E-state index contributed by atoms with van der Waals surface area (Å²) in [7, 11) is 1.75. The summed E-state index contributed by atoms with van der Waals surface area (Å²) in [6, 6.07) is 32.5. The van der Waals surface area contributed by atoms with Crippen LogP contribution in [0, 0.1) is 11.8 Å². The summed E-state index contributed by atoms with van der Waals surface area (Å²) in [5.74, 6) is 0.966. The number of ether oxygens (including phenoxy) is 2. The van der Waals surface area contributed by atoms with E-state index in [1.165, 1.54) is 23.3 Å². The van der Waals surface area contributed by atoms with Crippen molar-refractivity contribution in [3.05, 3.63) is 130 Å². The maximum Gasteiger partial charge on any atom is 0.411 e. The summed E-state index contributed by atoms with van der Waals surface area (Å²) in [5, 5.41) is 27.6. The number of para-hydroxylation sites is 1. The molecule has 12 nitrogen and oxygen atoms in total. The number of phenols is 1. The Morgan fingerprint density at radius 3 is 2.48 bits per heavy atom. The quantitative estimate of drug-likeness (QED) is 0.0705. The standard InChI is InChI=1S/C46H53N5O7/c1-50(21-20-47-27-42(53)38-14-16-41(52)45-39(38)15-17-43(54)49-45)44(55)19-23-57-22-18-31-8-7-9-32(24-31)28-51-29-34-25-36(26-35(34)30-51)58-46(56)48-40-13-6-5-12-37(40)33-10-3-2-4-11-33/h2-17,24,34-36,42,47,52-53H,18-23,25-30H2,1H3,(H,48,56)(H,49,54)/t34-,35+,36+,42-/m0/s1. The van der Waals surface area contributed by atoms with Crippen molar-refractivity contribution >= 4 is 28.6 Å². The lowest BCUT2D eigenvalue weighted by Crippen LogP contribution is -2.35. The first-order valence-corrected chi connectivity index (χ1v) is 20.2. The van der Waals surface area contributed by atoms with E-state index in [1.54, 1.807) is 24.1 Å². The highest BCUT2D eigenvalue weighted by molar-refractivity contribution is 5.91. The molecule has 7 rings (SSSR count). The average molecular weight is 788 g/mol. The lowest BCUT2D eigenvalue weighted by atomic mass is 10.0. The highest BCUT2D eigenvalue weighted by Crippen LogP contribution is 2.40. The van der Waals surface area contributed by atoms with Gasteiger partial charge in [-0.15, -0.1) is 0 Å². The van der Waals surface area contributed by atoms with Crippen LogP contribution in [0.4, 0.5) is 10.5 Å². The Morgan fingerprint density at radius 1 is 0.914 bits per heavy atom. The minimum atomic E-state index is -0.865. The fourth-order valence-electron chi connectivity index (χ4n) is 8.37. The van der Waals surface area contributed by atoms with Gasteiger partial charge in [-0.1, -0.05) is 78.9 Å². The molecule has 5 N–H and O–H groups in total. The Hall–Kier alpha value is -5.53. The van der Waals surface area contributed by atoms with Crippen LogP contribution < -0.4 is 16.2 Å². The molecule has 5 aromatic rings. The van der Waals surface area contributed by atoms with Gasteiger partial charge in [-0.25, -0.2) is 4.79 Å². The first kappa shape index (κ1) is 40.7. The lowest BCUT2D eigenvalue weighted by molar-refractivity contribution is -0.131. The number of rotatable bonds is 17. The molecule has 304 valence electrons. The molecule has 0 bridgehead atoms. The van der Waals surface area contributed by atoms with Gasteiger partial charge in [0, 0.05) is 63.3 Å². The molecule has 2 aliphatic rings. The van der Waals surface area contributed by atoms with Crippen LogP contribution in [-0.2, 0) is 27.2 Å². The molecule has 0 spiro atoms. The third-order valence-electron chi connectivity index (χ3n) is 11.4. The smallest absolute Gasteiger partial charge is 0.411 e. The van der Waals surface area contributed by atoms with Crippen molar-refractivity contribution in [1.29, 1.82) is 0 Å². The average Bonchev–Trinajstić information content (AvgIpc) is 3.77. The minimum Gasteiger partial charge on any atom is -0.506 e. The van der Waals surface area contributed by atoms with Gasteiger partial charge >= 0.3 is 6.09 Å². The molecule has 1 saturated heterocycles. The fourth-order valence-corrected chi connectivity index (χ4v) is 8.37. The molecule has 4 atom stereocenters. The van der Waals surface area contributed by atoms with Crippen molar-refractivity contribution in [1.82, 2.24) is 20.1 Å². The topological polar surface area (TPSA) is 156 Å². The molecule has 1 aliphatic heterocycles. The Kier molecular flexibility index (Phi) is 13.5. The molecule has 2 fully saturated rings. The number of benzene rings is 4. The Balaban J connectivity index is 0.760. The molecule has 1 aromatic heterocycles. The van der Waals surface area contributed by atoms with E-state index < -0.39 is 12.2 Å². The van der Waals surface area contributed by atoms with Gasteiger partial charge in [0.1, 0.15) is 11.9 Å². The van der Waals surface area contributed by atoms with E-state index in [2.05, 4.69) is 44.8 Å². The number of aromatic nitrogens is 1. The Labute approximate surface area is 338 Å². The van der Waals surface area contributed by atoms with E-state index in [0.717, 1.165) is 55.7 Å². The van der Waals surface area contributed by atoms with Gasteiger partial charge in [-0.2, -0.15) is 0 Å². The second-order valence-electron chi connectivity index (χ2n) is 15.5. The van der Waals surface area contributed by atoms with Gasteiger partial charge in [-0.05, 0) is 71.6 Å². The molecule has 1 saturated carbocycles. The number of H-pyrrole nitrogens is 1. The molecular weight excluding hydrogens is 735 g/mol. The van der Waals surface area contributed by atoms with E-state index in [-0.39, 0.29) is 36.3 Å². The molecule has 0 radical (unpaired) electrons. The van der Waals surface area contributed by atoms with Gasteiger partial charge in [0.15, 0.2) is 0 Å². The van der Waals surface area contributed by atoms with Gasteiger partial charge in [0.25, 0.3) is 0 Å². The number of likely N-dealkylation sites (tertiary alicyclic amines) is 1. The van der Waals surface area contributed by atoms with Crippen LogP contribution in [0.2, 0.25) is 0 Å². The van der Waals surface area contributed by atoms with Gasteiger partial charge in [0.05, 0.1) is 36.9 Å². The highest BCUT2D eigenvalue weighted by Gasteiger charge is 2.42. The number of aromatic amines is 1. The largest absolute Gasteiger partial charge is 0.506 e. The SMILES string of the molecule is CN(CCNC[C@H](O)c1ccc(O)c2[nH]c(=O)ccc12)C(=O)CCOCCc1cccc(CN2C[C@H]3C[C@H](OC(=O)Nc4ccccc4-c4ccccc4)C[C@H]3C2)c1. The zero-order valence-electron chi connectivity index (χ0n) is 32.9. The van der Waals surface area contributed by atoms with Crippen LogP contribution in [-0.4, -0.2) is 96.1 Å². The second kappa shape index (κ2) is 19.3. The molecule has 1 aliphatic carbocycles. The van der Waals surface area contributed by atoms with Crippen molar-refractivity contribution in [2.75, 3.05) is 58.3 Å². The molecule has 4 aromatic carbocycles. The molecular formula is C46H53N5O7. The number of aromatic hydroxyl groups is 1. The number of fused-ring (bicyclic) bond motifs is 2. The fraction of sp³-hybridized carbons (Fsp3) is 0.370. The number of pyridine rings is 1. The second-order valence-corrected chi connectivity index (χ2v) is 15.5. The zero-order chi connectivity index (χ0) is 40.4. The number of aliphatic hydroxyl groups excluding tert-OH is 1. The summed E-state index contributed by atoms with van der Waals surface area (Å²) in [4.78, 5) is 44.1. The number of hydrogen-bond donors (Lipinski definition) is 5. The Bertz CT molecular complexity index is 2220. The number of nitrogens with one attached hydrogen (secondary N) is 3. The van der Waals surface area contributed by atoms with E-state index in [4.69, 9.17) is 9.47 Å². The number of amides is 2. The van der Waals surface area contributed by atoms with E-state index >= 15 is 0 Å². The Morgan fingerprint density at radius 2 is 1.67 bits per heavy atom. The van der Waals surface area contributed by atoms with Crippen LogP contribution in [0.3, 0.4) is 0 Å². The summed E-state index contributed by atoms with van der Waals surface area (Å²) < 4.78 is 11.8.